The highest BCUT2D eigenvalue weighted by molar-refractivity contribution is 7.86. The van der Waals surface area contributed by atoms with E-state index in [4.69, 9.17) is 32.8 Å². The fraction of sp³-hybridized carbons (Fsp3) is 0.556. The molecule has 0 aromatic heterocycles. The number of unbranched alkanes of at least 4 members (excludes halogenated alkanes) is 1. The van der Waals surface area contributed by atoms with Crippen LogP contribution in [-0.4, -0.2) is 66.5 Å². The second-order valence-corrected chi connectivity index (χ2v) is 8.20. The summed E-state index contributed by atoms with van der Waals surface area (Å²) in [6.45, 7) is -2.03. The van der Waals surface area contributed by atoms with E-state index in [9.17, 15) is 31.2 Å². The van der Waals surface area contributed by atoms with E-state index < -0.39 is 46.5 Å². The van der Waals surface area contributed by atoms with Gasteiger partial charge in [-0.3, -0.25) is 14.1 Å². The van der Waals surface area contributed by atoms with Crippen LogP contribution in [0.5, 0.6) is 5.75 Å². The lowest BCUT2D eigenvalue weighted by atomic mass is 9.85. The Hall–Kier alpha value is -1.95. The number of esters is 2. The van der Waals surface area contributed by atoms with Crippen molar-refractivity contribution >= 4 is 45.6 Å². The number of carbonyl (C=O) groups is 2. The van der Waals surface area contributed by atoms with Gasteiger partial charge in [-0.05, 0) is 24.0 Å². The first-order chi connectivity index (χ1) is 14.9. The number of ether oxygens (including phenoxy) is 2. The first-order valence-electron chi connectivity index (χ1n) is 9.47. The highest BCUT2D eigenvalue weighted by Gasteiger charge is 2.54. The van der Waals surface area contributed by atoms with Crippen LogP contribution in [0.3, 0.4) is 0 Å². The van der Waals surface area contributed by atoms with Crippen molar-refractivity contribution in [2.24, 2.45) is 0 Å². The van der Waals surface area contributed by atoms with E-state index >= 15 is 0 Å². The summed E-state index contributed by atoms with van der Waals surface area (Å²) in [5.41, 5.74) is 1.82. The molecule has 14 heteroatoms. The molecule has 0 saturated heterocycles. The summed E-state index contributed by atoms with van der Waals surface area (Å²) in [7, 11) is 11.0. The van der Waals surface area contributed by atoms with E-state index in [2.05, 4.69) is 4.74 Å². The Morgan fingerprint density at radius 3 is 1.91 bits per heavy atom. The highest BCUT2D eigenvalue weighted by Crippen LogP contribution is 2.29. The van der Waals surface area contributed by atoms with Crippen molar-refractivity contribution < 1.29 is 45.2 Å². The number of carbonyl (C=O) groups excluding carboxylic acids is 2. The lowest BCUT2D eigenvalue weighted by Gasteiger charge is -2.21. The molecule has 0 aliphatic heterocycles. The summed E-state index contributed by atoms with van der Waals surface area (Å²) in [4.78, 5) is 23.7. The van der Waals surface area contributed by atoms with Gasteiger partial charge in [-0.1, -0.05) is 36.7 Å². The summed E-state index contributed by atoms with van der Waals surface area (Å²) in [5, 5.41) is -5.00. The molecule has 1 unspecified atom stereocenters. The minimum Gasteiger partial charge on any atom is -0.452 e. The second-order valence-electron chi connectivity index (χ2n) is 6.71. The third-order valence-corrected chi connectivity index (χ3v) is 5.29. The van der Waals surface area contributed by atoms with Crippen molar-refractivity contribution in [2.75, 3.05) is 6.67 Å². The molecule has 1 rings (SSSR count). The standard InChI is InChI=1S/C18H20B3F3O7S/c19-7-11-5-12(8-20)17(13(6-11)9-21)31-16(26)4-2-1-3-15(25)30-14(10-22)18(23,24)32(27,28)29/h5-6,14H,1-4,7-10H2,(H,27,28,29). The number of rotatable bonds is 13. The maximum Gasteiger partial charge on any atom is 0.408 e. The third-order valence-electron chi connectivity index (χ3n) is 4.34. The SMILES string of the molecule is [B]Cc1cc(C[B])c(OC(=O)CCCCC(=O)OC(CF)C(F)(F)S(=O)(=O)O)c(C[B])c1. The molecule has 0 bridgehead atoms. The van der Waals surface area contributed by atoms with Gasteiger partial charge in [-0.25, -0.2) is 4.39 Å². The van der Waals surface area contributed by atoms with Crippen LogP contribution in [0.1, 0.15) is 42.4 Å². The Morgan fingerprint density at radius 1 is 1.00 bits per heavy atom. The maximum atomic E-state index is 13.4. The molecule has 7 nitrogen and oxygen atoms in total. The van der Waals surface area contributed by atoms with E-state index in [1.54, 1.807) is 12.1 Å². The quantitative estimate of drug-likeness (QED) is 0.153. The molecular formula is C18H20B3F3O7S. The number of hydrogen-bond donors (Lipinski definition) is 1. The zero-order valence-electron chi connectivity index (χ0n) is 17.1. The van der Waals surface area contributed by atoms with Gasteiger partial charge >= 0.3 is 27.3 Å². The summed E-state index contributed by atoms with van der Waals surface area (Å²) in [5.74, 6) is -1.77. The Kier molecular flexibility index (Phi) is 10.8. The minimum absolute atomic E-state index is 0.0238. The van der Waals surface area contributed by atoms with E-state index in [-0.39, 0.29) is 44.0 Å². The molecule has 6 radical (unpaired) electrons. The fourth-order valence-corrected chi connectivity index (χ4v) is 3.10. The number of alkyl halides is 3. The molecule has 0 amide bonds. The zero-order valence-corrected chi connectivity index (χ0v) is 17.9. The number of hydrogen-bond acceptors (Lipinski definition) is 6. The fourth-order valence-electron chi connectivity index (χ4n) is 2.66. The zero-order chi connectivity index (χ0) is 24.5. The summed E-state index contributed by atoms with van der Waals surface area (Å²) >= 11 is 0. The number of halogens is 3. The van der Waals surface area contributed by atoms with Crippen molar-refractivity contribution in [2.45, 2.75) is 56.0 Å². The van der Waals surface area contributed by atoms with E-state index in [0.717, 1.165) is 5.56 Å². The van der Waals surface area contributed by atoms with Gasteiger partial charge in [0.1, 0.15) is 12.4 Å². The Morgan fingerprint density at radius 2 is 1.50 bits per heavy atom. The van der Waals surface area contributed by atoms with Gasteiger partial charge in [0.2, 0.25) is 6.10 Å². The maximum absolute atomic E-state index is 13.4. The monoisotopic (exact) mass is 470 g/mol. The van der Waals surface area contributed by atoms with Crippen LogP contribution in [0, 0.1) is 0 Å². The Bertz CT molecular complexity index is 888. The van der Waals surface area contributed by atoms with E-state index in [1.165, 1.54) is 0 Å². The van der Waals surface area contributed by atoms with Crippen LogP contribution < -0.4 is 4.74 Å². The molecule has 0 aliphatic carbocycles. The van der Waals surface area contributed by atoms with Gasteiger partial charge in [0, 0.05) is 12.8 Å². The van der Waals surface area contributed by atoms with Crippen LogP contribution in [0.4, 0.5) is 13.2 Å². The molecule has 32 heavy (non-hydrogen) atoms. The molecule has 0 aliphatic rings. The highest BCUT2D eigenvalue weighted by atomic mass is 32.2. The van der Waals surface area contributed by atoms with Gasteiger partial charge in [0.25, 0.3) is 0 Å². The Balaban J connectivity index is 2.60. The van der Waals surface area contributed by atoms with Crippen LogP contribution >= 0.6 is 0 Å². The van der Waals surface area contributed by atoms with Gasteiger partial charge in [-0.2, -0.15) is 17.2 Å². The van der Waals surface area contributed by atoms with Crippen molar-refractivity contribution in [1.82, 2.24) is 0 Å². The van der Waals surface area contributed by atoms with Gasteiger partial charge in [0.05, 0.1) is 23.5 Å². The van der Waals surface area contributed by atoms with Crippen molar-refractivity contribution in [3.05, 3.63) is 28.8 Å². The third kappa shape index (κ3) is 7.58. The lowest BCUT2D eigenvalue weighted by molar-refractivity contribution is -0.163. The summed E-state index contributed by atoms with van der Waals surface area (Å²) in [6, 6.07) is 3.36. The molecule has 0 fully saturated rings. The smallest absolute Gasteiger partial charge is 0.408 e. The lowest BCUT2D eigenvalue weighted by Crippen LogP contribution is -2.45. The molecule has 1 aromatic rings. The molecule has 1 N–H and O–H groups in total. The average Bonchev–Trinajstić information content (AvgIpc) is 2.73. The molecular weight excluding hydrogens is 450 g/mol. The predicted octanol–water partition coefficient (Wildman–Crippen LogP) is 1.52. The Labute approximate surface area is 188 Å². The summed E-state index contributed by atoms with van der Waals surface area (Å²) in [6.07, 6.45) is -3.21. The van der Waals surface area contributed by atoms with Crippen LogP contribution in [0.15, 0.2) is 12.1 Å². The normalized spacial score (nSPS) is 12.9. The van der Waals surface area contributed by atoms with Gasteiger partial charge in [-0.15, -0.1) is 0 Å². The average molecular weight is 470 g/mol. The number of benzene rings is 1. The van der Waals surface area contributed by atoms with Crippen LogP contribution in [0.2, 0.25) is 0 Å². The van der Waals surface area contributed by atoms with Crippen molar-refractivity contribution in [1.29, 1.82) is 0 Å². The van der Waals surface area contributed by atoms with Crippen LogP contribution in [-0.2, 0) is 43.4 Å². The van der Waals surface area contributed by atoms with Crippen LogP contribution in [0.25, 0.3) is 0 Å². The first-order valence-corrected chi connectivity index (χ1v) is 10.9. The van der Waals surface area contributed by atoms with E-state index in [0.29, 0.717) is 11.1 Å². The van der Waals surface area contributed by atoms with Crippen molar-refractivity contribution in [3.63, 3.8) is 0 Å². The van der Waals surface area contributed by atoms with Crippen molar-refractivity contribution in [3.8, 4) is 5.75 Å². The largest absolute Gasteiger partial charge is 0.452 e. The van der Waals surface area contributed by atoms with E-state index in [1.807, 2.05) is 0 Å². The predicted molar refractivity (Wildman–Crippen MR) is 111 cm³/mol. The molecule has 1 aromatic carbocycles. The molecule has 0 saturated carbocycles. The topological polar surface area (TPSA) is 107 Å². The molecule has 170 valence electrons. The first kappa shape index (κ1) is 28.1. The molecule has 0 heterocycles. The molecule has 0 spiro atoms. The second kappa shape index (κ2) is 12.3. The molecule has 1 atom stereocenters. The van der Waals surface area contributed by atoms with Gasteiger partial charge < -0.3 is 9.47 Å². The summed E-state index contributed by atoms with van der Waals surface area (Å²) < 4.78 is 78.6. The van der Waals surface area contributed by atoms with Gasteiger partial charge in [0.15, 0.2) is 0 Å². The minimum atomic E-state index is -5.98.